The number of hydrogen-bond donors (Lipinski definition) is 1. The number of aryl methyl sites for hydroxylation is 1. The lowest BCUT2D eigenvalue weighted by Crippen LogP contribution is -2.22. The van der Waals surface area contributed by atoms with Crippen molar-refractivity contribution in [2.45, 2.75) is 25.0 Å². The molecular weight excluding hydrogens is 432 g/mol. The van der Waals surface area contributed by atoms with Crippen molar-refractivity contribution in [1.82, 2.24) is 18.8 Å². The van der Waals surface area contributed by atoms with Crippen LogP contribution < -0.4 is 4.74 Å². The highest BCUT2D eigenvalue weighted by Crippen LogP contribution is 2.24. The Labute approximate surface area is 185 Å². The van der Waals surface area contributed by atoms with Gasteiger partial charge in [-0.3, -0.25) is 0 Å². The van der Waals surface area contributed by atoms with Crippen molar-refractivity contribution in [1.29, 1.82) is 0 Å². The first-order valence-corrected chi connectivity index (χ1v) is 11.4. The number of nitrogens with zero attached hydrogens (tertiary/aromatic N) is 3. The highest BCUT2D eigenvalue weighted by molar-refractivity contribution is 7.89. The van der Waals surface area contributed by atoms with Gasteiger partial charge in [0.1, 0.15) is 23.9 Å². The van der Waals surface area contributed by atoms with Crippen LogP contribution in [0.2, 0.25) is 0 Å². The van der Waals surface area contributed by atoms with Gasteiger partial charge in [-0.05, 0) is 43.3 Å². The number of rotatable bonds is 7. The number of methoxy groups -OCH3 is 1. The molecule has 0 radical (unpaired) electrons. The molecule has 0 spiro atoms. The van der Waals surface area contributed by atoms with E-state index in [0.29, 0.717) is 29.3 Å². The number of fused-ring (bicyclic) bond motifs is 2. The van der Waals surface area contributed by atoms with E-state index in [4.69, 9.17) is 9.47 Å². The predicted octanol–water partition coefficient (Wildman–Crippen LogP) is 3.15. The van der Waals surface area contributed by atoms with Gasteiger partial charge in [-0.15, -0.1) is 0 Å². The average Bonchev–Trinajstić information content (AvgIpc) is 3.36. The molecule has 0 fully saturated rings. The highest BCUT2D eigenvalue weighted by Gasteiger charge is 2.20. The van der Waals surface area contributed by atoms with Gasteiger partial charge < -0.3 is 19.0 Å². The largest absolute Gasteiger partial charge is 0.497 e. The molecule has 32 heavy (non-hydrogen) atoms. The Morgan fingerprint density at radius 3 is 2.62 bits per heavy atom. The fraction of sp³-hybridized carbons (Fsp3) is 0.273. The number of aromatic amines is 1. The fourth-order valence-electron chi connectivity index (χ4n) is 3.54. The molecular formula is C22H24N4O5S. The molecule has 0 saturated heterocycles. The van der Waals surface area contributed by atoms with Gasteiger partial charge in [-0.25, -0.2) is 22.5 Å². The summed E-state index contributed by atoms with van der Waals surface area (Å²) >= 11 is 0. The summed E-state index contributed by atoms with van der Waals surface area (Å²) in [7, 11) is 0.971. The van der Waals surface area contributed by atoms with Gasteiger partial charge in [0.25, 0.3) is 0 Å². The first-order valence-electron chi connectivity index (χ1n) is 10.00. The van der Waals surface area contributed by atoms with E-state index in [1.807, 2.05) is 29.7 Å². The number of sulfonamides is 1. The summed E-state index contributed by atoms with van der Waals surface area (Å²) in [5.74, 6) is 0.713. The Morgan fingerprint density at radius 2 is 1.94 bits per heavy atom. The first kappa shape index (κ1) is 21.8. The van der Waals surface area contributed by atoms with Crippen LogP contribution in [0.25, 0.3) is 21.9 Å². The van der Waals surface area contributed by atoms with E-state index in [2.05, 4.69) is 9.97 Å². The Kier molecular flexibility index (Phi) is 5.66. The van der Waals surface area contributed by atoms with E-state index >= 15 is 0 Å². The van der Waals surface area contributed by atoms with Gasteiger partial charge in [0.05, 0.1) is 23.0 Å². The Bertz CT molecular complexity index is 1420. The molecule has 0 bridgehead atoms. The maximum atomic E-state index is 12.6. The van der Waals surface area contributed by atoms with E-state index < -0.39 is 16.0 Å². The number of carbonyl (C=O) groups is 1. The van der Waals surface area contributed by atoms with Gasteiger partial charge >= 0.3 is 5.97 Å². The Balaban J connectivity index is 1.59. The second-order valence-electron chi connectivity index (χ2n) is 7.42. The quantitative estimate of drug-likeness (QED) is 0.428. The van der Waals surface area contributed by atoms with E-state index in [9.17, 15) is 13.2 Å². The molecule has 4 rings (SSSR count). The van der Waals surface area contributed by atoms with Gasteiger partial charge in [0, 0.05) is 37.6 Å². The van der Waals surface area contributed by atoms with E-state index in [1.54, 1.807) is 25.3 Å². The van der Waals surface area contributed by atoms with Crippen molar-refractivity contribution < 1.29 is 22.7 Å². The maximum Gasteiger partial charge on any atom is 0.355 e. The van der Waals surface area contributed by atoms with Crippen molar-refractivity contribution in [3.8, 4) is 5.75 Å². The van der Waals surface area contributed by atoms with Gasteiger partial charge in [-0.1, -0.05) is 0 Å². The van der Waals surface area contributed by atoms with Crippen LogP contribution in [0.4, 0.5) is 0 Å². The van der Waals surface area contributed by atoms with Gasteiger partial charge in [0.15, 0.2) is 0 Å². The van der Waals surface area contributed by atoms with Crippen molar-refractivity contribution >= 4 is 37.9 Å². The summed E-state index contributed by atoms with van der Waals surface area (Å²) in [5.41, 5.74) is 2.39. The molecule has 9 nitrogen and oxygen atoms in total. The Hall–Kier alpha value is -3.37. The molecule has 2 heterocycles. The molecule has 0 unspecified atom stereocenters. The molecule has 0 aliphatic rings. The second kappa shape index (κ2) is 8.29. The summed E-state index contributed by atoms with van der Waals surface area (Å²) in [5, 5.41) is 0.869. The third kappa shape index (κ3) is 3.82. The molecule has 0 aliphatic heterocycles. The number of H-pyrrole nitrogens is 1. The third-order valence-corrected chi connectivity index (χ3v) is 7.09. The molecule has 0 atom stereocenters. The zero-order chi connectivity index (χ0) is 23.0. The lowest BCUT2D eigenvalue weighted by molar-refractivity contribution is 0.0453. The minimum Gasteiger partial charge on any atom is -0.497 e. The summed E-state index contributed by atoms with van der Waals surface area (Å²) in [4.78, 5) is 20.3. The molecule has 1 N–H and O–H groups in total. The van der Waals surface area contributed by atoms with Crippen LogP contribution in [0.15, 0.2) is 47.4 Å². The van der Waals surface area contributed by atoms with E-state index in [-0.39, 0.29) is 11.5 Å². The topological polar surface area (TPSA) is 107 Å². The van der Waals surface area contributed by atoms with E-state index in [0.717, 1.165) is 20.7 Å². The standard InChI is InChI=1S/C22H24N4O5S/c1-5-26-20-9-8-16(32(28,29)25(2)3)12-18(20)24-21(26)13-31-22(27)19-10-14-6-7-15(30-4)11-17(14)23-19/h6-12,23H,5,13H2,1-4H3. The number of aromatic nitrogens is 3. The SMILES string of the molecule is CCn1c(COC(=O)c2cc3ccc(OC)cc3[nH]2)nc2cc(S(=O)(=O)N(C)C)ccc21. The molecule has 4 aromatic rings. The molecule has 168 valence electrons. The van der Waals surface area contributed by atoms with Crippen LogP contribution in [0.5, 0.6) is 5.75 Å². The van der Waals surface area contributed by atoms with Crippen LogP contribution in [-0.2, 0) is 27.9 Å². The fourth-order valence-corrected chi connectivity index (χ4v) is 4.47. The molecule has 0 amide bonds. The monoisotopic (exact) mass is 456 g/mol. The molecule has 2 aromatic carbocycles. The summed E-state index contributed by atoms with van der Waals surface area (Å²) in [6.45, 7) is 2.49. The minimum atomic E-state index is -3.57. The number of imidazole rings is 1. The number of carbonyl (C=O) groups excluding carboxylic acids is 1. The smallest absolute Gasteiger partial charge is 0.355 e. The zero-order valence-electron chi connectivity index (χ0n) is 18.2. The summed E-state index contributed by atoms with van der Waals surface area (Å²) in [6, 6.07) is 12.0. The van der Waals surface area contributed by atoms with Crippen molar-refractivity contribution in [2.24, 2.45) is 0 Å². The number of nitrogens with one attached hydrogen (secondary N) is 1. The lowest BCUT2D eigenvalue weighted by atomic mass is 10.2. The normalized spacial score (nSPS) is 12.0. The molecule has 0 aliphatic carbocycles. The van der Waals surface area contributed by atoms with Gasteiger partial charge in [-0.2, -0.15) is 0 Å². The first-order chi connectivity index (χ1) is 15.2. The lowest BCUT2D eigenvalue weighted by Gasteiger charge is -2.11. The van der Waals surface area contributed by atoms with Crippen LogP contribution >= 0.6 is 0 Å². The van der Waals surface area contributed by atoms with Crippen LogP contribution in [0, 0.1) is 0 Å². The molecule has 10 heteroatoms. The zero-order valence-corrected chi connectivity index (χ0v) is 19.1. The maximum absolute atomic E-state index is 12.6. The molecule has 2 aromatic heterocycles. The average molecular weight is 457 g/mol. The Morgan fingerprint density at radius 1 is 1.16 bits per heavy atom. The van der Waals surface area contributed by atoms with Crippen molar-refractivity contribution in [3.63, 3.8) is 0 Å². The van der Waals surface area contributed by atoms with E-state index in [1.165, 1.54) is 20.2 Å². The minimum absolute atomic E-state index is 0.0458. The van der Waals surface area contributed by atoms with Gasteiger partial charge in [0.2, 0.25) is 10.0 Å². The summed E-state index contributed by atoms with van der Waals surface area (Å²) in [6.07, 6.45) is 0. The van der Waals surface area contributed by atoms with Crippen LogP contribution in [0.1, 0.15) is 23.2 Å². The molecule has 0 saturated carbocycles. The van der Waals surface area contributed by atoms with Crippen molar-refractivity contribution in [3.05, 3.63) is 54.0 Å². The number of hydrogen-bond acceptors (Lipinski definition) is 6. The van der Waals surface area contributed by atoms with Crippen LogP contribution in [-0.4, -0.2) is 54.4 Å². The predicted molar refractivity (Wildman–Crippen MR) is 120 cm³/mol. The second-order valence-corrected chi connectivity index (χ2v) is 9.57. The van der Waals surface area contributed by atoms with Crippen LogP contribution in [0.3, 0.4) is 0 Å². The third-order valence-electron chi connectivity index (χ3n) is 5.28. The summed E-state index contributed by atoms with van der Waals surface area (Å²) < 4.78 is 38.6. The number of benzene rings is 2. The van der Waals surface area contributed by atoms with Crippen molar-refractivity contribution in [2.75, 3.05) is 21.2 Å². The number of ether oxygens (including phenoxy) is 2. The highest BCUT2D eigenvalue weighted by atomic mass is 32.2. The number of esters is 1.